The third-order valence-corrected chi connectivity index (χ3v) is 9.75. The number of benzene rings is 8. The molecule has 0 atom stereocenters. The van der Waals surface area contributed by atoms with Crippen molar-refractivity contribution in [3.63, 3.8) is 0 Å². The minimum Gasteiger partial charge on any atom is -0.310 e. The van der Waals surface area contributed by atoms with Crippen LogP contribution in [0.5, 0.6) is 0 Å². The van der Waals surface area contributed by atoms with Crippen molar-refractivity contribution in [1.82, 2.24) is 4.57 Å². The molecule has 3 nitrogen and oxygen atoms in total. The van der Waals surface area contributed by atoms with Gasteiger partial charge in [-0.1, -0.05) is 109 Å². The second-order valence-corrected chi connectivity index (χ2v) is 12.8. The van der Waals surface area contributed by atoms with E-state index < -0.39 is 0 Å². The molecule has 1 aliphatic heterocycles. The number of nitrogens with zero attached hydrogens (tertiary/aromatic N) is 3. The van der Waals surface area contributed by atoms with Crippen LogP contribution >= 0.6 is 0 Å². The van der Waals surface area contributed by atoms with Crippen LogP contribution in [0, 0.1) is 0 Å². The Bertz CT molecular complexity index is 2850. The minimum absolute atomic E-state index is 0.0441. The fourth-order valence-electron chi connectivity index (χ4n) is 7.46. The van der Waals surface area contributed by atoms with Gasteiger partial charge in [0.1, 0.15) is 0 Å². The van der Waals surface area contributed by atoms with E-state index in [9.17, 15) is 0 Å². The molecular weight excluding hydrogens is 619 g/mol. The van der Waals surface area contributed by atoms with E-state index in [0.29, 0.717) is 10.9 Å². The standard InChI is InChI=1S/C48H33N3/c1-3-17-38(18-4-1)49-40-21-9-13-34(29-40)36-15-11-23-42(31-36)50(43-24-12-16-37(32-43)35-14-10-22-41(49)30-35)44-27-28-46-45-25-7-8-26-47(45)51(48(46)33-44)39-19-5-2-6-20-39/h1-33H/i7D,8D,25D,26D. The molecule has 240 valence electrons. The lowest BCUT2D eigenvalue weighted by Crippen LogP contribution is -2.11. The molecule has 2 heterocycles. The number of fused-ring (bicyclic) bond motifs is 13. The van der Waals surface area contributed by atoms with Gasteiger partial charge in [0.15, 0.2) is 0 Å². The highest BCUT2D eigenvalue weighted by atomic mass is 15.1. The Morgan fingerprint density at radius 3 is 1.27 bits per heavy atom. The Balaban J connectivity index is 1.25. The molecule has 3 heteroatoms. The number of anilines is 6. The lowest BCUT2D eigenvalue weighted by molar-refractivity contribution is 1.18. The van der Waals surface area contributed by atoms with Crippen LogP contribution in [0.25, 0.3) is 49.7 Å². The Morgan fingerprint density at radius 2 is 0.745 bits per heavy atom. The van der Waals surface area contributed by atoms with Crippen molar-refractivity contribution in [3.8, 4) is 27.9 Å². The highest BCUT2D eigenvalue weighted by Gasteiger charge is 2.20. The molecule has 10 rings (SSSR count). The molecule has 0 fully saturated rings. The Labute approximate surface area is 303 Å². The van der Waals surface area contributed by atoms with Crippen molar-refractivity contribution in [2.24, 2.45) is 0 Å². The molecule has 8 bridgehead atoms. The minimum atomic E-state index is -0.249. The largest absolute Gasteiger partial charge is 0.310 e. The van der Waals surface area contributed by atoms with Gasteiger partial charge in [-0.05, 0) is 113 Å². The lowest BCUT2D eigenvalue weighted by atomic mass is 10.00. The van der Waals surface area contributed by atoms with Crippen molar-refractivity contribution in [2.75, 3.05) is 9.80 Å². The van der Waals surface area contributed by atoms with Crippen molar-refractivity contribution < 1.29 is 5.48 Å². The van der Waals surface area contributed by atoms with E-state index in [1.807, 2.05) is 47.0 Å². The van der Waals surface area contributed by atoms with E-state index in [2.05, 4.69) is 143 Å². The first-order valence-electron chi connectivity index (χ1n) is 19.1. The summed E-state index contributed by atoms with van der Waals surface area (Å²) in [5, 5.41) is 1.27. The molecule has 0 saturated heterocycles. The molecule has 0 radical (unpaired) electrons. The van der Waals surface area contributed by atoms with Gasteiger partial charge in [-0.2, -0.15) is 0 Å². The first kappa shape index (κ1) is 25.2. The first-order valence-corrected chi connectivity index (χ1v) is 17.1. The van der Waals surface area contributed by atoms with Crippen LogP contribution in [-0.2, 0) is 0 Å². The van der Waals surface area contributed by atoms with Gasteiger partial charge in [-0.25, -0.2) is 0 Å². The van der Waals surface area contributed by atoms with Gasteiger partial charge in [0.2, 0.25) is 0 Å². The summed E-state index contributed by atoms with van der Waals surface area (Å²) in [5.74, 6) is 0. The molecule has 1 aromatic heterocycles. The number of rotatable bonds is 3. The summed E-state index contributed by atoms with van der Waals surface area (Å²) in [6, 6.07) is 60.4. The van der Waals surface area contributed by atoms with E-state index in [-0.39, 0.29) is 24.2 Å². The average Bonchev–Trinajstić information content (AvgIpc) is 3.58. The smallest absolute Gasteiger partial charge is 0.0645 e. The quantitative estimate of drug-likeness (QED) is 0.188. The maximum atomic E-state index is 9.02. The predicted molar refractivity (Wildman–Crippen MR) is 215 cm³/mol. The molecule has 0 aliphatic carbocycles. The summed E-state index contributed by atoms with van der Waals surface area (Å²) in [6.07, 6.45) is 0. The zero-order valence-electron chi connectivity index (χ0n) is 31.6. The number of aromatic nitrogens is 1. The fourth-order valence-corrected chi connectivity index (χ4v) is 7.46. The van der Waals surface area contributed by atoms with E-state index >= 15 is 0 Å². The molecule has 0 spiro atoms. The van der Waals surface area contributed by atoms with Gasteiger partial charge in [-0.3, -0.25) is 0 Å². The van der Waals surface area contributed by atoms with Crippen LogP contribution in [0.2, 0.25) is 0 Å². The zero-order chi connectivity index (χ0) is 37.2. The summed E-state index contributed by atoms with van der Waals surface area (Å²) in [5.41, 5.74) is 12.4. The molecule has 8 aromatic carbocycles. The van der Waals surface area contributed by atoms with Crippen molar-refractivity contribution in [1.29, 1.82) is 0 Å². The highest BCUT2D eigenvalue weighted by Crippen LogP contribution is 2.43. The van der Waals surface area contributed by atoms with Crippen LogP contribution in [0.4, 0.5) is 34.1 Å². The summed E-state index contributed by atoms with van der Waals surface area (Å²) >= 11 is 0. The Hall–Kier alpha value is -6.84. The molecule has 9 aromatic rings. The third-order valence-electron chi connectivity index (χ3n) is 9.75. The van der Waals surface area contributed by atoms with E-state index in [4.69, 9.17) is 5.48 Å². The van der Waals surface area contributed by atoms with Crippen LogP contribution in [0.3, 0.4) is 0 Å². The van der Waals surface area contributed by atoms with Gasteiger partial charge in [0, 0.05) is 50.6 Å². The van der Waals surface area contributed by atoms with E-state index in [0.717, 1.165) is 73.0 Å². The lowest BCUT2D eigenvalue weighted by Gasteiger charge is -2.28. The van der Waals surface area contributed by atoms with Crippen LogP contribution in [0.15, 0.2) is 200 Å². The molecule has 0 N–H and O–H groups in total. The number of hydrogen-bond acceptors (Lipinski definition) is 2. The van der Waals surface area contributed by atoms with E-state index in [1.54, 1.807) is 0 Å². The molecule has 0 saturated carbocycles. The summed E-state index contributed by atoms with van der Waals surface area (Å²) < 4.78 is 37.1. The highest BCUT2D eigenvalue weighted by molar-refractivity contribution is 6.10. The molecule has 51 heavy (non-hydrogen) atoms. The normalized spacial score (nSPS) is 13.3. The second kappa shape index (κ2) is 11.9. The maximum absolute atomic E-state index is 9.02. The van der Waals surface area contributed by atoms with Crippen molar-refractivity contribution in [2.45, 2.75) is 0 Å². The van der Waals surface area contributed by atoms with Crippen molar-refractivity contribution in [3.05, 3.63) is 200 Å². The van der Waals surface area contributed by atoms with Crippen molar-refractivity contribution >= 4 is 55.9 Å². The fraction of sp³-hybridized carbons (Fsp3) is 0. The maximum Gasteiger partial charge on any atom is 0.0645 e. The average molecular weight is 656 g/mol. The van der Waals surface area contributed by atoms with Crippen LogP contribution in [-0.4, -0.2) is 4.57 Å². The molecule has 0 unspecified atom stereocenters. The molecular formula is C48H33N3. The summed E-state index contributed by atoms with van der Waals surface area (Å²) in [4.78, 5) is 4.56. The Morgan fingerprint density at radius 1 is 0.314 bits per heavy atom. The second-order valence-electron chi connectivity index (χ2n) is 12.8. The van der Waals surface area contributed by atoms with Gasteiger partial charge >= 0.3 is 0 Å². The number of para-hydroxylation sites is 3. The zero-order valence-corrected chi connectivity index (χ0v) is 27.6. The van der Waals surface area contributed by atoms with Gasteiger partial charge in [0.05, 0.1) is 16.5 Å². The predicted octanol–water partition coefficient (Wildman–Crippen LogP) is 13.4. The van der Waals surface area contributed by atoms with Crippen LogP contribution < -0.4 is 9.80 Å². The first-order chi connectivity index (χ1) is 26.9. The summed E-state index contributed by atoms with van der Waals surface area (Å²) in [6.45, 7) is 0. The van der Waals surface area contributed by atoms with Gasteiger partial charge < -0.3 is 14.4 Å². The molecule has 0 amide bonds. The third kappa shape index (κ3) is 4.98. The topological polar surface area (TPSA) is 11.4 Å². The number of hydrogen-bond donors (Lipinski definition) is 0. The van der Waals surface area contributed by atoms with Gasteiger partial charge in [-0.15, -0.1) is 0 Å². The molecule has 1 aliphatic rings. The SMILES string of the molecule is [2H]c1c([2H])c([2H])c2c(c1[2H])c1ccc(N3c4cccc(c4)-c4cccc(c4)N(c4ccccc4)c4cccc(c4)-c4cccc3c4)cc1n2-c1ccccc1. The summed E-state index contributed by atoms with van der Waals surface area (Å²) in [7, 11) is 0. The Kier molecular flexibility index (Phi) is 5.89. The van der Waals surface area contributed by atoms with E-state index in [1.165, 1.54) is 0 Å². The van der Waals surface area contributed by atoms with Crippen LogP contribution in [0.1, 0.15) is 5.48 Å². The monoisotopic (exact) mass is 655 g/mol. The van der Waals surface area contributed by atoms with Gasteiger partial charge in [0.25, 0.3) is 0 Å².